The van der Waals surface area contributed by atoms with E-state index >= 15 is 0 Å². The van der Waals surface area contributed by atoms with Gasteiger partial charge in [-0.05, 0) is 43.4 Å². The Labute approximate surface area is 142 Å². The molecule has 1 aromatic rings. The average Bonchev–Trinajstić information content (AvgIpc) is 3.10. The average molecular weight is 332 g/mol. The van der Waals surface area contributed by atoms with Gasteiger partial charge >= 0.3 is 0 Å². The molecule has 2 fully saturated rings. The number of rotatable bonds is 5. The molecule has 0 spiro atoms. The first kappa shape index (κ1) is 16.9. The lowest BCUT2D eigenvalue weighted by Gasteiger charge is -2.37. The normalized spacial score (nSPS) is 19.1. The van der Waals surface area contributed by atoms with E-state index < -0.39 is 0 Å². The number of nitrogens with zero attached hydrogens (tertiary/aromatic N) is 2. The second-order valence-corrected chi connectivity index (χ2v) is 6.82. The Kier molecular flexibility index (Phi) is 5.48. The van der Waals surface area contributed by atoms with Crippen LogP contribution in [0.4, 0.5) is 4.39 Å². The van der Waals surface area contributed by atoms with E-state index in [1.807, 2.05) is 4.90 Å². The number of piperazine rings is 1. The highest BCUT2D eigenvalue weighted by Gasteiger charge is 2.32. The van der Waals surface area contributed by atoms with Crippen molar-refractivity contribution in [3.05, 3.63) is 35.6 Å². The lowest BCUT2D eigenvalue weighted by molar-refractivity contribution is -0.147. The van der Waals surface area contributed by atoms with E-state index in [0.29, 0.717) is 25.6 Å². The Morgan fingerprint density at radius 1 is 1.12 bits per heavy atom. The first-order valence-electron chi connectivity index (χ1n) is 8.95. The molecule has 1 saturated heterocycles. The van der Waals surface area contributed by atoms with E-state index in [2.05, 4.69) is 0 Å². The van der Waals surface area contributed by atoms with Crippen LogP contribution in [-0.2, 0) is 16.0 Å². The molecule has 0 atom stereocenters. The third kappa shape index (κ3) is 4.13. The van der Waals surface area contributed by atoms with Gasteiger partial charge < -0.3 is 9.80 Å². The quantitative estimate of drug-likeness (QED) is 0.832. The van der Waals surface area contributed by atoms with E-state index in [-0.39, 0.29) is 24.2 Å². The van der Waals surface area contributed by atoms with E-state index in [1.165, 1.54) is 25.0 Å². The minimum absolute atomic E-state index is 0.0523. The number of carbonyl (C=O) groups excluding carboxylic acids is 2. The van der Waals surface area contributed by atoms with Gasteiger partial charge in [0.1, 0.15) is 5.82 Å². The van der Waals surface area contributed by atoms with Gasteiger partial charge in [0.2, 0.25) is 11.8 Å². The first-order chi connectivity index (χ1) is 11.6. The van der Waals surface area contributed by atoms with Gasteiger partial charge in [0.15, 0.2) is 0 Å². The van der Waals surface area contributed by atoms with Crippen LogP contribution in [0.25, 0.3) is 0 Å². The number of carbonyl (C=O) groups is 2. The highest BCUT2D eigenvalue weighted by molar-refractivity contribution is 5.86. The lowest BCUT2D eigenvalue weighted by atomic mass is 10.1. The van der Waals surface area contributed by atoms with Crippen molar-refractivity contribution in [1.29, 1.82) is 0 Å². The summed E-state index contributed by atoms with van der Waals surface area (Å²) in [6.45, 7) is 1.55. The summed E-state index contributed by atoms with van der Waals surface area (Å²) in [5.74, 6) is -0.0926. The van der Waals surface area contributed by atoms with E-state index in [0.717, 1.165) is 31.2 Å². The first-order valence-corrected chi connectivity index (χ1v) is 8.95. The van der Waals surface area contributed by atoms with Crippen LogP contribution in [-0.4, -0.2) is 47.3 Å². The summed E-state index contributed by atoms with van der Waals surface area (Å²) >= 11 is 0. The summed E-state index contributed by atoms with van der Waals surface area (Å²) in [6, 6.07) is 6.79. The third-order valence-electron chi connectivity index (χ3n) is 5.14. The summed E-state index contributed by atoms with van der Waals surface area (Å²) in [5, 5.41) is 0. The van der Waals surface area contributed by atoms with E-state index in [4.69, 9.17) is 0 Å². The fraction of sp³-hybridized carbons (Fsp3) is 0.579. The number of amides is 2. The Balaban J connectivity index is 1.42. The summed E-state index contributed by atoms with van der Waals surface area (Å²) < 4.78 is 12.9. The fourth-order valence-corrected chi connectivity index (χ4v) is 3.75. The Bertz CT molecular complexity index is 582. The standard InChI is InChI=1S/C19H25FN2O2/c20-16-10-8-15(9-11-16)4-3-7-18(23)21-12-13-22(19(24)14-21)17-5-1-2-6-17/h8-11,17H,1-7,12-14H2. The minimum atomic E-state index is -0.242. The maximum Gasteiger partial charge on any atom is 0.242 e. The van der Waals surface area contributed by atoms with Gasteiger partial charge in [-0.15, -0.1) is 0 Å². The highest BCUT2D eigenvalue weighted by atomic mass is 19.1. The topological polar surface area (TPSA) is 40.6 Å². The van der Waals surface area contributed by atoms with E-state index in [1.54, 1.807) is 17.0 Å². The number of aryl methyl sites for hydroxylation is 1. The minimum Gasteiger partial charge on any atom is -0.336 e. The molecule has 0 unspecified atom stereocenters. The Morgan fingerprint density at radius 3 is 2.50 bits per heavy atom. The fourth-order valence-electron chi connectivity index (χ4n) is 3.75. The molecule has 1 heterocycles. The maximum atomic E-state index is 12.9. The number of hydrogen-bond donors (Lipinski definition) is 0. The van der Waals surface area contributed by atoms with Crippen LogP contribution in [0.3, 0.4) is 0 Å². The van der Waals surface area contributed by atoms with Gasteiger partial charge in [0.25, 0.3) is 0 Å². The van der Waals surface area contributed by atoms with Crippen LogP contribution in [0.15, 0.2) is 24.3 Å². The number of hydrogen-bond acceptors (Lipinski definition) is 2. The smallest absolute Gasteiger partial charge is 0.242 e. The molecule has 1 aliphatic carbocycles. The summed E-state index contributed by atoms with van der Waals surface area (Å²) in [6.07, 6.45) is 6.55. The van der Waals surface area contributed by atoms with Crippen molar-refractivity contribution in [1.82, 2.24) is 9.80 Å². The number of halogens is 1. The molecule has 0 bridgehead atoms. The molecule has 1 aromatic carbocycles. The molecule has 0 aromatic heterocycles. The van der Waals surface area contributed by atoms with Crippen molar-refractivity contribution in [3.8, 4) is 0 Å². The molecule has 130 valence electrons. The molecule has 1 aliphatic heterocycles. The summed E-state index contributed by atoms with van der Waals surface area (Å²) in [7, 11) is 0. The van der Waals surface area contributed by atoms with Crippen LogP contribution in [0.1, 0.15) is 44.1 Å². The van der Waals surface area contributed by atoms with Crippen molar-refractivity contribution in [2.45, 2.75) is 51.0 Å². The van der Waals surface area contributed by atoms with Gasteiger partial charge in [0.05, 0.1) is 6.54 Å². The highest BCUT2D eigenvalue weighted by Crippen LogP contribution is 2.25. The van der Waals surface area contributed by atoms with Gasteiger partial charge in [-0.1, -0.05) is 25.0 Å². The second kappa shape index (κ2) is 7.77. The van der Waals surface area contributed by atoms with Crippen molar-refractivity contribution >= 4 is 11.8 Å². The van der Waals surface area contributed by atoms with Gasteiger partial charge in [-0.3, -0.25) is 9.59 Å². The lowest BCUT2D eigenvalue weighted by Crippen LogP contribution is -2.54. The predicted molar refractivity (Wildman–Crippen MR) is 89.9 cm³/mol. The van der Waals surface area contributed by atoms with E-state index in [9.17, 15) is 14.0 Å². The zero-order chi connectivity index (χ0) is 16.9. The zero-order valence-corrected chi connectivity index (χ0v) is 14.0. The largest absolute Gasteiger partial charge is 0.336 e. The van der Waals surface area contributed by atoms with Crippen molar-refractivity contribution in [3.63, 3.8) is 0 Å². The number of benzene rings is 1. The Hall–Kier alpha value is -1.91. The molecular weight excluding hydrogens is 307 g/mol. The summed E-state index contributed by atoms with van der Waals surface area (Å²) in [4.78, 5) is 28.3. The third-order valence-corrected chi connectivity index (χ3v) is 5.14. The van der Waals surface area contributed by atoms with Crippen LogP contribution in [0.5, 0.6) is 0 Å². The molecule has 2 amide bonds. The van der Waals surface area contributed by atoms with Crippen molar-refractivity contribution < 1.29 is 14.0 Å². The summed E-state index contributed by atoms with van der Waals surface area (Å²) in [5.41, 5.74) is 1.03. The molecule has 2 aliphatic rings. The second-order valence-electron chi connectivity index (χ2n) is 6.82. The molecule has 4 nitrogen and oxygen atoms in total. The van der Waals surface area contributed by atoms with Crippen LogP contribution in [0.2, 0.25) is 0 Å². The zero-order valence-electron chi connectivity index (χ0n) is 14.0. The van der Waals surface area contributed by atoms with Crippen molar-refractivity contribution in [2.75, 3.05) is 19.6 Å². The molecule has 1 saturated carbocycles. The van der Waals surface area contributed by atoms with Crippen molar-refractivity contribution in [2.24, 2.45) is 0 Å². The molecule has 24 heavy (non-hydrogen) atoms. The predicted octanol–water partition coefficient (Wildman–Crippen LogP) is 2.76. The molecule has 5 heteroatoms. The van der Waals surface area contributed by atoms with Gasteiger partial charge in [-0.25, -0.2) is 4.39 Å². The Morgan fingerprint density at radius 2 is 1.83 bits per heavy atom. The molecule has 0 N–H and O–H groups in total. The van der Waals surface area contributed by atoms with Crippen LogP contribution < -0.4 is 0 Å². The monoisotopic (exact) mass is 332 g/mol. The molecule has 0 radical (unpaired) electrons. The van der Waals surface area contributed by atoms with Gasteiger partial charge in [0, 0.05) is 25.6 Å². The SMILES string of the molecule is O=C(CCCc1ccc(F)cc1)N1CCN(C2CCCC2)C(=O)C1. The maximum absolute atomic E-state index is 12.9. The van der Waals surface area contributed by atoms with Crippen LogP contribution in [0, 0.1) is 5.82 Å². The van der Waals surface area contributed by atoms with Crippen LogP contribution >= 0.6 is 0 Å². The molecule has 3 rings (SSSR count). The molecular formula is C19H25FN2O2. The van der Waals surface area contributed by atoms with Gasteiger partial charge in [-0.2, -0.15) is 0 Å².